The molecular formula is C24H25N5O9. The average Bonchev–Trinajstić information content (AvgIpc) is 2.90. The van der Waals surface area contributed by atoms with Crippen molar-refractivity contribution in [3.8, 4) is 11.4 Å². The molecular weight excluding hydrogens is 502 g/mol. The molecule has 2 aromatic carbocycles. The summed E-state index contributed by atoms with van der Waals surface area (Å²) in [5.41, 5.74) is -1.46. The lowest BCUT2D eigenvalue weighted by Crippen LogP contribution is -2.34. The largest absolute Gasteiger partial charge is 0.444 e. The summed E-state index contributed by atoms with van der Waals surface area (Å²) in [7, 11) is 0. The van der Waals surface area contributed by atoms with Crippen LogP contribution in [0.1, 0.15) is 19.4 Å². The van der Waals surface area contributed by atoms with Crippen LogP contribution in [0.4, 0.5) is 21.9 Å². The third-order valence-electron chi connectivity index (χ3n) is 5.12. The second-order valence-corrected chi connectivity index (χ2v) is 7.69. The number of nitrogens with zero attached hydrogens (tertiary/aromatic N) is 4. The highest BCUT2D eigenvalue weighted by Gasteiger charge is 2.23. The molecule has 1 N–H and O–H groups in total. The number of nitrogens with one attached hydrogen (secondary N) is 1. The van der Waals surface area contributed by atoms with E-state index in [1.807, 2.05) is 6.07 Å². The zero-order valence-electron chi connectivity index (χ0n) is 20.6. The van der Waals surface area contributed by atoms with Gasteiger partial charge >= 0.3 is 6.09 Å². The van der Waals surface area contributed by atoms with Gasteiger partial charge in [0.2, 0.25) is 0 Å². The first-order valence-electron chi connectivity index (χ1n) is 11.5. The van der Waals surface area contributed by atoms with Crippen LogP contribution in [-0.2, 0) is 27.4 Å². The van der Waals surface area contributed by atoms with Crippen molar-refractivity contribution >= 4 is 23.2 Å². The first kappa shape index (κ1) is 27.9. The van der Waals surface area contributed by atoms with Crippen molar-refractivity contribution < 1.29 is 28.9 Å². The van der Waals surface area contributed by atoms with E-state index >= 15 is 0 Å². The number of non-ortho nitro benzene ring substituents is 2. The van der Waals surface area contributed by atoms with Gasteiger partial charge in [-0.2, -0.15) is 0 Å². The summed E-state index contributed by atoms with van der Waals surface area (Å²) in [5, 5.41) is 25.1. The number of carbonyl (C=O) groups excluding carboxylic acids is 1. The maximum atomic E-state index is 13.4. The van der Waals surface area contributed by atoms with Gasteiger partial charge in [-0.05, 0) is 19.4 Å². The van der Waals surface area contributed by atoms with E-state index in [-0.39, 0.29) is 43.4 Å². The van der Waals surface area contributed by atoms with E-state index in [1.54, 1.807) is 38.1 Å². The van der Waals surface area contributed by atoms with Crippen LogP contribution in [0.25, 0.3) is 11.4 Å². The molecule has 0 saturated carbocycles. The number of hydrogen-bond acceptors (Lipinski definition) is 10. The Labute approximate surface area is 216 Å². The number of hydrogen-bond donors (Lipinski definition) is 1. The first-order valence-corrected chi connectivity index (χ1v) is 11.5. The SMILES string of the molecule is CCOC(Cn1c(-c2cc([N+](=O)[O-])cc([N+](=O)[O-])c2)ncc(NC(=O)OCc2ccccc2)c1=O)OCC. The number of nitro groups is 2. The molecule has 0 atom stereocenters. The van der Waals surface area contributed by atoms with Gasteiger partial charge in [-0.1, -0.05) is 30.3 Å². The van der Waals surface area contributed by atoms with Gasteiger partial charge in [0.1, 0.15) is 18.1 Å². The fourth-order valence-corrected chi connectivity index (χ4v) is 3.46. The Balaban J connectivity index is 2.03. The molecule has 0 aliphatic rings. The first-order chi connectivity index (χ1) is 18.2. The zero-order valence-corrected chi connectivity index (χ0v) is 20.6. The van der Waals surface area contributed by atoms with Gasteiger partial charge in [-0.25, -0.2) is 9.78 Å². The van der Waals surface area contributed by atoms with E-state index in [2.05, 4.69) is 10.3 Å². The van der Waals surface area contributed by atoms with Gasteiger partial charge in [0.25, 0.3) is 16.9 Å². The predicted octanol–water partition coefficient (Wildman–Crippen LogP) is 3.87. The average molecular weight is 527 g/mol. The Kier molecular flexibility index (Phi) is 9.56. The second-order valence-electron chi connectivity index (χ2n) is 7.69. The van der Waals surface area contributed by atoms with Crippen LogP contribution in [0, 0.1) is 20.2 Å². The van der Waals surface area contributed by atoms with Gasteiger partial charge in [-0.15, -0.1) is 0 Å². The number of aromatic nitrogens is 2. The lowest BCUT2D eigenvalue weighted by molar-refractivity contribution is -0.394. The van der Waals surface area contributed by atoms with Gasteiger partial charge < -0.3 is 14.2 Å². The van der Waals surface area contributed by atoms with E-state index in [9.17, 15) is 29.8 Å². The highest BCUT2D eigenvalue weighted by Crippen LogP contribution is 2.29. The molecule has 38 heavy (non-hydrogen) atoms. The molecule has 0 radical (unpaired) electrons. The highest BCUT2D eigenvalue weighted by molar-refractivity contribution is 5.84. The number of anilines is 1. The molecule has 0 aliphatic heterocycles. The lowest BCUT2D eigenvalue weighted by Gasteiger charge is -2.20. The van der Waals surface area contributed by atoms with Crippen LogP contribution in [0.3, 0.4) is 0 Å². The molecule has 200 valence electrons. The topological polar surface area (TPSA) is 178 Å². The smallest absolute Gasteiger partial charge is 0.412 e. The minimum absolute atomic E-state index is 0.0412. The van der Waals surface area contributed by atoms with E-state index in [4.69, 9.17) is 14.2 Å². The summed E-state index contributed by atoms with van der Waals surface area (Å²) >= 11 is 0. The Hall–Kier alpha value is -4.69. The number of nitro benzene ring substituents is 2. The summed E-state index contributed by atoms with van der Waals surface area (Å²) < 4.78 is 17.3. The molecule has 14 nitrogen and oxygen atoms in total. The molecule has 14 heteroatoms. The van der Waals surface area contributed by atoms with Crippen molar-refractivity contribution in [3.63, 3.8) is 0 Å². The number of ether oxygens (including phenoxy) is 3. The van der Waals surface area contributed by atoms with Crippen molar-refractivity contribution in [1.82, 2.24) is 9.55 Å². The molecule has 0 fully saturated rings. The minimum Gasteiger partial charge on any atom is -0.444 e. The molecule has 3 aromatic rings. The Bertz CT molecular complexity index is 1320. The van der Waals surface area contributed by atoms with Gasteiger partial charge in [0.15, 0.2) is 6.29 Å². The molecule has 0 aliphatic carbocycles. The number of amides is 1. The number of carbonyl (C=O) groups is 1. The fourth-order valence-electron chi connectivity index (χ4n) is 3.46. The molecule has 3 rings (SSSR count). The van der Waals surface area contributed by atoms with Crippen LogP contribution in [0.15, 0.2) is 59.5 Å². The van der Waals surface area contributed by atoms with Crippen LogP contribution >= 0.6 is 0 Å². The summed E-state index contributed by atoms with van der Waals surface area (Å²) in [4.78, 5) is 51.2. The third-order valence-corrected chi connectivity index (χ3v) is 5.12. The molecule has 1 amide bonds. The molecule has 0 spiro atoms. The van der Waals surface area contributed by atoms with Crippen LogP contribution in [-0.4, -0.2) is 45.0 Å². The quantitative estimate of drug-likeness (QED) is 0.206. The van der Waals surface area contributed by atoms with Crippen molar-refractivity contribution in [2.75, 3.05) is 18.5 Å². The monoisotopic (exact) mass is 527 g/mol. The fraction of sp³-hybridized carbons (Fsp3) is 0.292. The van der Waals surface area contributed by atoms with Crippen LogP contribution < -0.4 is 10.9 Å². The van der Waals surface area contributed by atoms with Crippen LogP contribution in [0.5, 0.6) is 0 Å². The minimum atomic E-state index is -0.919. The van der Waals surface area contributed by atoms with Gasteiger partial charge in [-0.3, -0.25) is 34.9 Å². The van der Waals surface area contributed by atoms with E-state index in [0.29, 0.717) is 0 Å². The van der Waals surface area contributed by atoms with Crippen molar-refractivity contribution in [1.29, 1.82) is 0 Å². The van der Waals surface area contributed by atoms with Gasteiger partial charge in [0, 0.05) is 30.9 Å². The van der Waals surface area contributed by atoms with Crippen molar-refractivity contribution in [2.45, 2.75) is 33.3 Å². The summed E-state index contributed by atoms with van der Waals surface area (Å²) in [6, 6.07) is 11.8. The maximum absolute atomic E-state index is 13.4. The van der Waals surface area contributed by atoms with E-state index in [0.717, 1.165) is 34.5 Å². The molecule has 1 aromatic heterocycles. The zero-order chi connectivity index (χ0) is 27.7. The predicted molar refractivity (Wildman–Crippen MR) is 135 cm³/mol. The van der Waals surface area contributed by atoms with E-state index < -0.39 is 39.2 Å². The van der Waals surface area contributed by atoms with Crippen molar-refractivity contribution in [3.05, 3.63) is 90.9 Å². The maximum Gasteiger partial charge on any atom is 0.412 e. The lowest BCUT2D eigenvalue weighted by atomic mass is 10.1. The second kappa shape index (κ2) is 13.0. The number of benzene rings is 2. The van der Waals surface area contributed by atoms with Crippen LogP contribution in [0.2, 0.25) is 0 Å². The third kappa shape index (κ3) is 7.18. The standard InChI is InChI=1S/C24H25N5O9/c1-3-36-21(37-4-2)14-27-22(17-10-18(28(32)33)12-19(11-17)29(34)35)25-13-20(23(27)30)26-24(31)38-15-16-8-6-5-7-9-16/h5-13,21H,3-4,14-15H2,1-2H3,(H,26,31). The van der Waals surface area contributed by atoms with Gasteiger partial charge in [0.05, 0.1) is 28.7 Å². The summed E-state index contributed by atoms with van der Waals surface area (Å²) in [5.74, 6) is -0.130. The molecule has 1 heterocycles. The molecule has 0 saturated heterocycles. The van der Waals surface area contributed by atoms with Crippen molar-refractivity contribution in [2.24, 2.45) is 0 Å². The molecule has 0 bridgehead atoms. The summed E-state index contributed by atoms with van der Waals surface area (Å²) in [6.07, 6.45) is -0.791. The van der Waals surface area contributed by atoms with E-state index in [1.165, 1.54) is 0 Å². The number of rotatable bonds is 12. The molecule has 0 unspecified atom stereocenters. The Morgan fingerprint density at radius 1 is 1.03 bits per heavy atom. The Morgan fingerprint density at radius 3 is 2.18 bits per heavy atom. The summed E-state index contributed by atoms with van der Waals surface area (Å²) in [6.45, 7) is 3.66. The Morgan fingerprint density at radius 2 is 1.63 bits per heavy atom. The highest BCUT2D eigenvalue weighted by atomic mass is 16.7. The normalized spacial score (nSPS) is 10.8.